The lowest BCUT2D eigenvalue weighted by Crippen LogP contribution is -2.50. The van der Waals surface area contributed by atoms with Gasteiger partial charge in [-0.1, -0.05) is 32.0 Å². The van der Waals surface area contributed by atoms with E-state index in [4.69, 9.17) is 0 Å². The van der Waals surface area contributed by atoms with E-state index in [0.29, 0.717) is 5.56 Å². The van der Waals surface area contributed by atoms with Crippen LogP contribution in [0.1, 0.15) is 42.7 Å². The first-order valence-electron chi connectivity index (χ1n) is 8.41. The number of carbonyl (C=O) groups excluding carboxylic acids is 2. The Labute approximate surface area is 151 Å². The number of halogens is 2. The molecule has 0 aromatic heterocycles. The van der Waals surface area contributed by atoms with Gasteiger partial charge in [-0.2, -0.15) is 0 Å². The number of hydrogen-bond donors (Lipinski definition) is 2. The van der Waals surface area contributed by atoms with E-state index in [0.717, 1.165) is 0 Å². The summed E-state index contributed by atoms with van der Waals surface area (Å²) in [6, 6.07) is 9.90. The summed E-state index contributed by atoms with van der Waals surface area (Å²) in [6.45, 7) is 5.27. The summed E-state index contributed by atoms with van der Waals surface area (Å²) in [4.78, 5) is 24.9. The van der Waals surface area contributed by atoms with E-state index in [1.54, 1.807) is 39.0 Å². The number of carbonyl (C=O) groups is 2. The zero-order valence-corrected chi connectivity index (χ0v) is 14.9. The predicted molar refractivity (Wildman–Crippen MR) is 95.4 cm³/mol. The van der Waals surface area contributed by atoms with Crippen LogP contribution in [0.3, 0.4) is 0 Å². The molecule has 2 aromatic rings. The van der Waals surface area contributed by atoms with Crippen LogP contribution < -0.4 is 10.6 Å². The summed E-state index contributed by atoms with van der Waals surface area (Å²) < 4.78 is 26.8. The Bertz CT molecular complexity index is 776. The van der Waals surface area contributed by atoms with Gasteiger partial charge >= 0.3 is 0 Å². The first-order chi connectivity index (χ1) is 12.3. The highest BCUT2D eigenvalue weighted by Crippen LogP contribution is 2.17. The predicted octanol–water partition coefficient (Wildman–Crippen LogP) is 3.60. The van der Waals surface area contributed by atoms with Crippen molar-refractivity contribution < 1.29 is 18.4 Å². The summed E-state index contributed by atoms with van der Waals surface area (Å²) in [7, 11) is 0. The van der Waals surface area contributed by atoms with Crippen LogP contribution in [0.4, 0.5) is 8.78 Å². The Hall–Kier alpha value is -2.76. The van der Waals surface area contributed by atoms with E-state index in [9.17, 15) is 18.4 Å². The van der Waals surface area contributed by atoms with Crippen LogP contribution >= 0.6 is 0 Å². The third-order valence-electron chi connectivity index (χ3n) is 4.07. The summed E-state index contributed by atoms with van der Waals surface area (Å²) in [5.74, 6) is -1.93. The number of benzene rings is 2. The van der Waals surface area contributed by atoms with Gasteiger partial charge in [0.2, 0.25) is 5.91 Å². The molecular weight excluding hydrogens is 338 g/mol. The molecule has 0 aliphatic heterocycles. The van der Waals surface area contributed by atoms with E-state index >= 15 is 0 Å². The van der Waals surface area contributed by atoms with Crippen LogP contribution in [0.15, 0.2) is 48.5 Å². The fraction of sp³-hybridized carbons (Fsp3) is 0.300. The quantitative estimate of drug-likeness (QED) is 0.827. The number of nitrogens with one attached hydrogen (secondary N) is 2. The van der Waals surface area contributed by atoms with Gasteiger partial charge in [-0.3, -0.25) is 9.59 Å². The largest absolute Gasteiger partial charge is 0.348 e. The molecule has 1 unspecified atom stereocenters. The number of amides is 2. The molecule has 2 atom stereocenters. The lowest BCUT2D eigenvalue weighted by Gasteiger charge is -2.24. The van der Waals surface area contributed by atoms with Crippen LogP contribution in [-0.4, -0.2) is 17.9 Å². The average Bonchev–Trinajstić information content (AvgIpc) is 2.59. The van der Waals surface area contributed by atoms with Crippen molar-refractivity contribution >= 4 is 11.8 Å². The van der Waals surface area contributed by atoms with Crippen LogP contribution in [-0.2, 0) is 4.79 Å². The van der Waals surface area contributed by atoms with Gasteiger partial charge in [-0.15, -0.1) is 0 Å². The summed E-state index contributed by atoms with van der Waals surface area (Å²) in [5.41, 5.74) is 0.625. The molecule has 0 bridgehead atoms. The number of rotatable bonds is 6. The fourth-order valence-electron chi connectivity index (χ4n) is 2.57. The van der Waals surface area contributed by atoms with Crippen molar-refractivity contribution in [1.29, 1.82) is 0 Å². The van der Waals surface area contributed by atoms with Crippen LogP contribution in [0.5, 0.6) is 0 Å². The van der Waals surface area contributed by atoms with Gasteiger partial charge in [0.25, 0.3) is 5.91 Å². The molecule has 0 radical (unpaired) electrons. The monoisotopic (exact) mass is 360 g/mol. The summed E-state index contributed by atoms with van der Waals surface area (Å²) >= 11 is 0. The summed E-state index contributed by atoms with van der Waals surface area (Å²) in [6.07, 6.45) is 0. The lowest BCUT2D eigenvalue weighted by molar-refractivity contribution is -0.124. The highest BCUT2D eigenvalue weighted by atomic mass is 19.1. The van der Waals surface area contributed by atoms with E-state index in [-0.39, 0.29) is 11.5 Å². The van der Waals surface area contributed by atoms with Crippen LogP contribution in [0.25, 0.3) is 0 Å². The molecule has 2 N–H and O–H groups in total. The molecule has 26 heavy (non-hydrogen) atoms. The molecule has 0 heterocycles. The topological polar surface area (TPSA) is 58.2 Å². The van der Waals surface area contributed by atoms with Crippen LogP contribution in [0, 0.1) is 17.6 Å². The third kappa shape index (κ3) is 4.88. The van der Waals surface area contributed by atoms with E-state index in [1.807, 2.05) is 0 Å². The van der Waals surface area contributed by atoms with Crippen molar-refractivity contribution in [1.82, 2.24) is 10.6 Å². The minimum absolute atomic E-state index is 0.188. The highest BCUT2D eigenvalue weighted by Gasteiger charge is 2.26. The maximum absolute atomic E-state index is 13.9. The zero-order chi connectivity index (χ0) is 19.3. The SMILES string of the molecule is CC(NC(=O)[C@@H](NC(=O)c1ccc(F)cc1)C(C)C)c1ccccc1F. The molecule has 0 saturated heterocycles. The molecule has 0 spiro atoms. The minimum atomic E-state index is -0.804. The van der Waals surface area contributed by atoms with E-state index in [1.165, 1.54) is 30.3 Å². The molecule has 2 amide bonds. The molecule has 4 nitrogen and oxygen atoms in total. The van der Waals surface area contributed by atoms with Gasteiger partial charge in [-0.05, 0) is 43.2 Å². The zero-order valence-electron chi connectivity index (χ0n) is 14.9. The highest BCUT2D eigenvalue weighted by molar-refractivity contribution is 5.97. The Morgan fingerprint density at radius 1 is 0.885 bits per heavy atom. The van der Waals surface area contributed by atoms with Gasteiger partial charge in [0, 0.05) is 11.1 Å². The van der Waals surface area contributed by atoms with Gasteiger partial charge in [0.15, 0.2) is 0 Å². The Morgan fingerprint density at radius 2 is 1.50 bits per heavy atom. The molecule has 0 aliphatic rings. The third-order valence-corrected chi connectivity index (χ3v) is 4.07. The molecule has 138 valence electrons. The molecule has 2 rings (SSSR count). The molecule has 0 saturated carbocycles. The van der Waals surface area contributed by atoms with Gasteiger partial charge in [0.05, 0.1) is 6.04 Å². The molecule has 2 aromatic carbocycles. The van der Waals surface area contributed by atoms with Gasteiger partial charge in [0.1, 0.15) is 17.7 Å². The molecular formula is C20H22F2N2O2. The second-order valence-electron chi connectivity index (χ2n) is 6.45. The normalized spacial score (nSPS) is 13.2. The standard InChI is InChI=1S/C20H22F2N2O2/c1-12(2)18(24-19(25)14-8-10-15(21)11-9-14)20(26)23-13(3)16-6-4-5-7-17(16)22/h4-13,18H,1-3H3,(H,23,26)(H,24,25)/t13?,18-/m0/s1. The Morgan fingerprint density at radius 3 is 2.08 bits per heavy atom. The van der Waals surface area contributed by atoms with Crippen molar-refractivity contribution in [2.24, 2.45) is 5.92 Å². The van der Waals surface area contributed by atoms with Gasteiger partial charge < -0.3 is 10.6 Å². The van der Waals surface area contributed by atoms with E-state index in [2.05, 4.69) is 10.6 Å². The molecule has 0 aliphatic carbocycles. The smallest absolute Gasteiger partial charge is 0.251 e. The van der Waals surface area contributed by atoms with Crippen molar-refractivity contribution in [2.45, 2.75) is 32.9 Å². The van der Waals surface area contributed by atoms with Crippen molar-refractivity contribution in [3.63, 3.8) is 0 Å². The van der Waals surface area contributed by atoms with Crippen molar-refractivity contribution in [3.05, 3.63) is 71.3 Å². The van der Waals surface area contributed by atoms with Gasteiger partial charge in [-0.25, -0.2) is 8.78 Å². The number of hydrogen-bond acceptors (Lipinski definition) is 2. The lowest BCUT2D eigenvalue weighted by atomic mass is 10.0. The summed E-state index contributed by atoms with van der Waals surface area (Å²) in [5, 5.41) is 5.39. The maximum atomic E-state index is 13.9. The molecule has 0 fully saturated rings. The first-order valence-corrected chi connectivity index (χ1v) is 8.41. The average molecular weight is 360 g/mol. The minimum Gasteiger partial charge on any atom is -0.348 e. The van der Waals surface area contributed by atoms with Crippen molar-refractivity contribution in [2.75, 3.05) is 0 Å². The second kappa shape index (κ2) is 8.56. The Kier molecular flexibility index (Phi) is 6.44. The first kappa shape index (κ1) is 19.6. The molecule has 6 heteroatoms. The van der Waals surface area contributed by atoms with E-state index < -0.39 is 35.5 Å². The maximum Gasteiger partial charge on any atom is 0.251 e. The second-order valence-corrected chi connectivity index (χ2v) is 6.45. The van der Waals surface area contributed by atoms with Crippen molar-refractivity contribution in [3.8, 4) is 0 Å². The van der Waals surface area contributed by atoms with Crippen LogP contribution in [0.2, 0.25) is 0 Å². The fourth-order valence-corrected chi connectivity index (χ4v) is 2.57. The Balaban J connectivity index is 2.08.